The molecule has 1 unspecified atom stereocenters. The van der Waals surface area contributed by atoms with E-state index >= 15 is 0 Å². The number of primary amides is 1. The van der Waals surface area contributed by atoms with Crippen LogP contribution < -0.4 is 16.8 Å². The quantitative estimate of drug-likeness (QED) is 0.773. The Morgan fingerprint density at radius 2 is 1.95 bits per heavy atom. The van der Waals surface area contributed by atoms with Crippen molar-refractivity contribution in [1.29, 1.82) is 0 Å². The van der Waals surface area contributed by atoms with Gasteiger partial charge in [0.25, 0.3) is 0 Å². The van der Waals surface area contributed by atoms with Gasteiger partial charge >= 0.3 is 0 Å². The normalized spacial score (nSPS) is 12.8. The number of nitrogens with one attached hydrogen (secondary N) is 1. The van der Waals surface area contributed by atoms with Gasteiger partial charge in [-0.2, -0.15) is 0 Å². The molecule has 5 nitrogen and oxygen atoms in total. The van der Waals surface area contributed by atoms with Crippen LogP contribution in [0.2, 0.25) is 0 Å². The average Bonchev–Trinajstić information content (AvgIpc) is 2.37. The zero-order chi connectivity index (χ0) is 16.2. The van der Waals surface area contributed by atoms with Gasteiger partial charge < -0.3 is 16.8 Å². The highest BCUT2D eigenvalue weighted by Gasteiger charge is 2.24. The van der Waals surface area contributed by atoms with Crippen LogP contribution in [0, 0.1) is 17.2 Å². The number of anilines is 1. The SMILES string of the molecule is CC(C)(C)CC(CN)C(=O)Nc1cc(C(N)=O)ccc1F. The lowest BCUT2D eigenvalue weighted by atomic mass is 9.84. The molecule has 0 aliphatic rings. The number of carbonyl (C=O) groups excluding carboxylic acids is 2. The summed E-state index contributed by atoms with van der Waals surface area (Å²) in [6, 6.07) is 3.58. The molecule has 0 aliphatic carbocycles. The first-order chi connectivity index (χ1) is 9.64. The summed E-state index contributed by atoms with van der Waals surface area (Å²) in [7, 11) is 0. The second-order valence-electron chi connectivity index (χ2n) is 6.25. The van der Waals surface area contributed by atoms with Gasteiger partial charge in [-0.15, -0.1) is 0 Å². The van der Waals surface area contributed by atoms with Crippen LogP contribution in [0.15, 0.2) is 18.2 Å². The minimum absolute atomic E-state index is 0.0661. The molecule has 0 heterocycles. The molecule has 0 fully saturated rings. The van der Waals surface area contributed by atoms with Crippen molar-refractivity contribution in [3.05, 3.63) is 29.6 Å². The molecule has 116 valence electrons. The fourth-order valence-corrected chi connectivity index (χ4v) is 2.03. The first-order valence-corrected chi connectivity index (χ1v) is 6.74. The Bertz CT molecular complexity index is 538. The highest BCUT2D eigenvalue weighted by molar-refractivity contribution is 5.97. The average molecular weight is 295 g/mol. The largest absolute Gasteiger partial charge is 0.366 e. The standard InChI is InChI=1S/C15H22FN3O2/c1-15(2,3)7-10(8-17)14(21)19-12-6-9(13(18)20)4-5-11(12)16/h4-6,10H,7-8,17H2,1-3H3,(H2,18,20)(H,19,21). The van der Waals surface area contributed by atoms with Crippen LogP contribution in [0.5, 0.6) is 0 Å². The molecular formula is C15H22FN3O2. The van der Waals surface area contributed by atoms with Gasteiger partial charge in [0, 0.05) is 12.1 Å². The molecule has 1 aromatic carbocycles. The summed E-state index contributed by atoms with van der Waals surface area (Å²) in [6.07, 6.45) is 0.576. The predicted octanol–water partition coefficient (Wildman–Crippen LogP) is 1.87. The van der Waals surface area contributed by atoms with Crippen molar-refractivity contribution in [3.8, 4) is 0 Å². The van der Waals surface area contributed by atoms with Gasteiger partial charge in [-0.25, -0.2) is 4.39 Å². The molecule has 0 saturated carbocycles. The zero-order valence-corrected chi connectivity index (χ0v) is 12.6. The van der Waals surface area contributed by atoms with Crippen LogP contribution in [0.3, 0.4) is 0 Å². The molecule has 0 saturated heterocycles. The first-order valence-electron chi connectivity index (χ1n) is 6.74. The third-order valence-corrected chi connectivity index (χ3v) is 3.02. The van der Waals surface area contributed by atoms with Crippen molar-refractivity contribution in [2.45, 2.75) is 27.2 Å². The van der Waals surface area contributed by atoms with Gasteiger partial charge in [0.1, 0.15) is 5.82 Å². The number of halogens is 1. The molecule has 6 heteroatoms. The monoisotopic (exact) mass is 295 g/mol. The maximum Gasteiger partial charge on any atom is 0.248 e. The van der Waals surface area contributed by atoms with Gasteiger partial charge in [0.2, 0.25) is 11.8 Å². The summed E-state index contributed by atoms with van der Waals surface area (Å²) < 4.78 is 13.7. The van der Waals surface area contributed by atoms with E-state index in [4.69, 9.17) is 11.5 Å². The number of amides is 2. The second kappa shape index (κ2) is 6.67. The number of hydrogen-bond acceptors (Lipinski definition) is 3. The highest BCUT2D eigenvalue weighted by Crippen LogP contribution is 2.25. The van der Waals surface area contributed by atoms with E-state index in [0.717, 1.165) is 6.07 Å². The van der Waals surface area contributed by atoms with Crippen molar-refractivity contribution < 1.29 is 14.0 Å². The second-order valence-corrected chi connectivity index (χ2v) is 6.25. The van der Waals surface area contributed by atoms with E-state index < -0.39 is 17.6 Å². The van der Waals surface area contributed by atoms with Crippen LogP contribution >= 0.6 is 0 Å². The maximum absolute atomic E-state index is 13.7. The maximum atomic E-state index is 13.7. The van der Waals surface area contributed by atoms with Crippen molar-refractivity contribution in [2.75, 3.05) is 11.9 Å². The highest BCUT2D eigenvalue weighted by atomic mass is 19.1. The van der Waals surface area contributed by atoms with Crippen LogP contribution in [0.25, 0.3) is 0 Å². The Labute approximate surface area is 123 Å². The van der Waals surface area contributed by atoms with Crippen molar-refractivity contribution >= 4 is 17.5 Å². The minimum Gasteiger partial charge on any atom is -0.366 e. The third kappa shape index (κ3) is 5.15. The summed E-state index contributed by atoms with van der Waals surface area (Å²) in [5.41, 5.74) is 10.8. The lowest BCUT2D eigenvalue weighted by Crippen LogP contribution is -2.32. The molecule has 2 amide bonds. The van der Waals surface area contributed by atoms with Gasteiger partial charge in [-0.3, -0.25) is 9.59 Å². The van der Waals surface area contributed by atoms with E-state index in [9.17, 15) is 14.0 Å². The van der Waals surface area contributed by atoms with Gasteiger partial charge in [0.05, 0.1) is 11.6 Å². The molecule has 0 aromatic heterocycles. The number of hydrogen-bond donors (Lipinski definition) is 3. The van der Waals surface area contributed by atoms with E-state index in [2.05, 4.69) is 5.32 Å². The summed E-state index contributed by atoms with van der Waals surface area (Å²) in [5, 5.41) is 2.48. The lowest BCUT2D eigenvalue weighted by Gasteiger charge is -2.24. The van der Waals surface area contributed by atoms with E-state index in [-0.39, 0.29) is 29.1 Å². The molecular weight excluding hydrogens is 273 g/mol. The Morgan fingerprint density at radius 3 is 2.43 bits per heavy atom. The Balaban J connectivity index is 2.91. The van der Waals surface area contributed by atoms with E-state index in [0.29, 0.717) is 6.42 Å². The molecule has 1 atom stereocenters. The van der Waals surface area contributed by atoms with E-state index in [1.807, 2.05) is 20.8 Å². The molecule has 0 radical (unpaired) electrons. The Hall–Kier alpha value is -1.95. The van der Waals surface area contributed by atoms with Crippen molar-refractivity contribution in [3.63, 3.8) is 0 Å². The van der Waals surface area contributed by atoms with E-state index in [1.54, 1.807) is 0 Å². The summed E-state index contributed by atoms with van der Waals surface area (Å²) >= 11 is 0. The summed E-state index contributed by atoms with van der Waals surface area (Å²) in [4.78, 5) is 23.3. The fraction of sp³-hybridized carbons (Fsp3) is 0.467. The third-order valence-electron chi connectivity index (χ3n) is 3.02. The predicted molar refractivity (Wildman–Crippen MR) is 80.2 cm³/mol. The van der Waals surface area contributed by atoms with Crippen molar-refractivity contribution in [1.82, 2.24) is 0 Å². The van der Waals surface area contributed by atoms with Crippen LogP contribution in [0.1, 0.15) is 37.6 Å². The molecule has 21 heavy (non-hydrogen) atoms. The lowest BCUT2D eigenvalue weighted by molar-refractivity contribution is -0.120. The Morgan fingerprint density at radius 1 is 1.33 bits per heavy atom. The molecule has 0 aliphatic heterocycles. The van der Waals surface area contributed by atoms with Crippen molar-refractivity contribution in [2.24, 2.45) is 22.8 Å². The van der Waals surface area contributed by atoms with Gasteiger partial charge in [0.15, 0.2) is 0 Å². The van der Waals surface area contributed by atoms with Crippen LogP contribution in [-0.2, 0) is 4.79 Å². The van der Waals surface area contributed by atoms with Crippen LogP contribution in [-0.4, -0.2) is 18.4 Å². The molecule has 1 rings (SSSR count). The molecule has 5 N–H and O–H groups in total. The summed E-state index contributed by atoms with van der Waals surface area (Å²) in [5.74, 6) is -2.11. The molecule has 0 bridgehead atoms. The number of benzene rings is 1. The Kier molecular flexibility index (Phi) is 5.43. The van der Waals surface area contributed by atoms with Gasteiger partial charge in [-0.1, -0.05) is 20.8 Å². The van der Waals surface area contributed by atoms with Crippen LogP contribution in [0.4, 0.5) is 10.1 Å². The first kappa shape index (κ1) is 17.1. The number of carbonyl (C=O) groups is 2. The molecule has 0 spiro atoms. The zero-order valence-electron chi connectivity index (χ0n) is 12.6. The number of nitrogens with two attached hydrogens (primary N) is 2. The van der Waals surface area contributed by atoms with Gasteiger partial charge in [-0.05, 0) is 30.0 Å². The summed E-state index contributed by atoms with van der Waals surface area (Å²) in [6.45, 7) is 6.16. The minimum atomic E-state index is -0.685. The van der Waals surface area contributed by atoms with E-state index in [1.165, 1.54) is 12.1 Å². The molecule has 1 aromatic rings. The number of rotatable bonds is 5. The smallest absolute Gasteiger partial charge is 0.248 e. The fourth-order valence-electron chi connectivity index (χ4n) is 2.03. The topological polar surface area (TPSA) is 98.2 Å².